The quantitative estimate of drug-likeness (QED) is 0.840. The SMILES string of the molecule is Fc1ccc2c(ccn2C2CCN(C3COC3)C2)c1F. The van der Waals surface area contributed by atoms with E-state index in [4.69, 9.17) is 4.74 Å². The predicted molar refractivity (Wildman–Crippen MR) is 71.7 cm³/mol. The van der Waals surface area contributed by atoms with Crippen molar-refractivity contribution in [2.75, 3.05) is 26.3 Å². The molecular formula is C15H16F2N2O. The Morgan fingerprint density at radius 1 is 1.10 bits per heavy atom. The largest absolute Gasteiger partial charge is 0.378 e. The third-order valence-corrected chi connectivity index (χ3v) is 4.51. The molecule has 2 aliphatic heterocycles. The van der Waals surface area contributed by atoms with Crippen LogP contribution in [0.5, 0.6) is 0 Å². The molecule has 4 rings (SSSR count). The monoisotopic (exact) mass is 278 g/mol. The lowest BCUT2D eigenvalue weighted by Crippen LogP contribution is -2.47. The van der Waals surface area contributed by atoms with Gasteiger partial charge in [-0.3, -0.25) is 4.90 Å². The maximum absolute atomic E-state index is 13.8. The first-order valence-electron chi connectivity index (χ1n) is 7.00. The molecule has 1 aromatic carbocycles. The molecule has 1 atom stereocenters. The highest BCUT2D eigenvalue weighted by molar-refractivity contribution is 5.81. The van der Waals surface area contributed by atoms with Crippen molar-refractivity contribution in [3.05, 3.63) is 36.0 Å². The van der Waals surface area contributed by atoms with Gasteiger partial charge in [-0.15, -0.1) is 0 Å². The van der Waals surface area contributed by atoms with Crippen LogP contribution in [0, 0.1) is 11.6 Å². The molecule has 0 bridgehead atoms. The Labute approximate surface area is 115 Å². The maximum Gasteiger partial charge on any atom is 0.168 e. The number of hydrogen-bond acceptors (Lipinski definition) is 2. The average Bonchev–Trinajstić information content (AvgIpc) is 2.98. The van der Waals surface area contributed by atoms with Gasteiger partial charge in [0.25, 0.3) is 0 Å². The molecule has 20 heavy (non-hydrogen) atoms. The number of halogens is 2. The molecular weight excluding hydrogens is 262 g/mol. The summed E-state index contributed by atoms with van der Waals surface area (Å²) in [4.78, 5) is 2.43. The normalized spacial score (nSPS) is 24.4. The summed E-state index contributed by atoms with van der Waals surface area (Å²) in [6.45, 7) is 3.64. The van der Waals surface area contributed by atoms with E-state index in [0.29, 0.717) is 17.5 Å². The summed E-state index contributed by atoms with van der Waals surface area (Å²) >= 11 is 0. The number of fused-ring (bicyclic) bond motifs is 1. The predicted octanol–water partition coefficient (Wildman–Crippen LogP) is 2.57. The lowest BCUT2D eigenvalue weighted by atomic mass is 10.2. The van der Waals surface area contributed by atoms with E-state index in [-0.39, 0.29) is 0 Å². The summed E-state index contributed by atoms with van der Waals surface area (Å²) in [6.07, 6.45) is 2.91. The Bertz CT molecular complexity index is 651. The van der Waals surface area contributed by atoms with Gasteiger partial charge in [-0.1, -0.05) is 0 Å². The lowest BCUT2D eigenvalue weighted by Gasteiger charge is -2.34. The fourth-order valence-corrected chi connectivity index (χ4v) is 3.25. The van der Waals surface area contributed by atoms with Gasteiger partial charge in [0.2, 0.25) is 0 Å². The van der Waals surface area contributed by atoms with Crippen LogP contribution in [0.4, 0.5) is 8.78 Å². The smallest absolute Gasteiger partial charge is 0.168 e. The zero-order valence-corrected chi connectivity index (χ0v) is 11.1. The van der Waals surface area contributed by atoms with Gasteiger partial charge in [0.15, 0.2) is 11.6 Å². The molecule has 0 spiro atoms. The molecule has 1 unspecified atom stereocenters. The van der Waals surface area contributed by atoms with E-state index < -0.39 is 11.6 Å². The van der Waals surface area contributed by atoms with E-state index in [9.17, 15) is 8.78 Å². The fraction of sp³-hybridized carbons (Fsp3) is 0.467. The van der Waals surface area contributed by atoms with E-state index in [1.54, 1.807) is 12.1 Å². The summed E-state index contributed by atoms with van der Waals surface area (Å²) in [5.41, 5.74) is 0.778. The molecule has 0 aliphatic carbocycles. The van der Waals surface area contributed by atoms with Gasteiger partial charge in [-0.25, -0.2) is 8.78 Å². The van der Waals surface area contributed by atoms with Gasteiger partial charge >= 0.3 is 0 Å². The van der Waals surface area contributed by atoms with Gasteiger partial charge in [0, 0.05) is 30.7 Å². The van der Waals surface area contributed by atoms with Gasteiger partial charge in [-0.05, 0) is 24.6 Å². The van der Waals surface area contributed by atoms with Crippen LogP contribution in [0.3, 0.4) is 0 Å². The Hall–Kier alpha value is -1.46. The van der Waals surface area contributed by atoms with Crippen LogP contribution in [-0.2, 0) is 4.74 Å². The summed E-state index contributed by atoms with van der Waals surface area (Å²) in [7, 11) is 0. The first kappa shape index (κ1) is 12.3. The van der Waals surface area contributed by atoms with Crippen molar-refractivity contribution in [1.29, 1.82) is 0 Å². The second kappa shape index (κ2) is 4.53. The molecule has 2 saturated heterocycles. The van der Waals surface area contributed by atoms with Crippen LogP contribution in [0.1, 0.15) is 12.5 Å². The lowest BCUT2D eigenvalue weighted by molar-refractivity contribution is -0.0578. The fourth-order valence-electron chi connectivity index (χ4n) is 3.25. The van der Waals surface area contributed by atoms with E-state index in [0.717, 1.165) is 38.2 Å². The number of nitrogens with zero attached hydrogens (tertiary/aromatic N) is 2. The molecule has 2 aromatic rings. The van der Waals surface area contributed by atoms with E-state index >= 15 is 0 Å². The third kappa shape index (κ3) is 1.77. The molecule has 0 N–H and O–H groups in total. The molecule has 3 heterocycles. The van der Waals surface area contributed by atoms with Gasteiger partial charge in [0.1, 0.15) is 0 Å². The molecule has 0 amide bonds. The highest BCUT2D eigenvalue weighted by atomic mass is 19.2. The van der Waals surface area contributed by atoms with Crippen molar-refractivity contribution in [2.45, 2.75) is 18.5 Å². The highest BCUT2D eigenvalue weighted by Gasteiger charge is 2.33. The Morgan fingerprint density at radius 3 is 2.70 bits per heavy atom. The second-order valence-corrected chi connectivity index (χ2v) is 5.65. The van der Waals surface area contributed by atoms with Crippen LogP contribution < -0.4 is 0 Å². The number of rotatable bonds is 2. The third-order valence-electron chi connectivity index (χ3n) is 4.51. The minimum Gasteiger partial charge on any atom is -0.378 e. The van der Waals surface area contributed by atoms with Crippen molar-refractivity contribution >= 4 is 10.9 Å². The van der Waals surface area contributed by atoms with Crippen LogP contribution in [-0.4, -0.2) is 41.8 Å². The molecule has 2 aliphatic rings. The maximum atomic E-state index is 13.8. The topological polar surface area (TPSA) is 17.4 Å². The summed E-state index contributed by atoms with van der Waals surface area (Å²) in [5, 5.41) is 0.371. The Balaban J connectivity index is 1.64. The van der Waals surface area contributed by atoms with Crippen molar-refractivity contribution in [2.24, 2.45) is 0 Å². The standard InChI is InChI=1S/C15H16F2N2O/c16-13-1-2-14-12(15(13)17)4-6-19(14)10-3-5-18(7-10)11-8-20-9-11/h1-2,4,6,10-11H,3,5,7-9H2. The number of benzene rings is 1. The van der Waals surface area contributed by atoms with Crippen molar-refractivity contribution < 1.29 is 13.5 Å². The summed E-state index contributed by atoms with van der Waals surface area (Å²) in [6, 6.07) is 5.42. The minimum absolute atomic E-state index is 0.331. The summed E-state index contributed by atoms with van der Waals surface area (Å²) < 4.78 is 34.3. The number of hydrogen-bond donors (Lipinski definition) is 0. The molecule has 106 valence electrons. The van der Waals surface area contributed by atoms with Gasteiger partial charge in [-0.2, -0.15) is 0 Å². The van der Waals surface area contributed by atoms with Crippen molar-refractivity contribution in [3.63, 3.8) is 0 Å². The molecule has 5 heteroatoms. The van der Waals surface area contributed by atoms with Crippen LogP contribution >= 0.6 is 0 Å². The van der Waals surface area contributed by atoms with Crippen LogP contribution in [0.2, 0.25) is 0 Å². The number of likely N-dealkylation sites (tertiary alicyclic amines) is 1. The minimum atomic E-state index is -0.782. The Morgan fingerprint density at radius 2 is 1.95 bits per heavy atom. The first-order valence-corrected chi connectivity index (χ1v) is 7.00. The van der Waals surface area contributed by atoms with Crippen molar-refractivity contribution in [3.8, 4) is 0 Å². The molecule has 0 saturated carbocycles. The van der Waals surface area contributed by atoms with E-state index in [2.05, 4.69) is 9.47 Å². The number of ether oxygens (including phenoxy) is 1. The van der Waals surface area contributed by atoms with E-state index in [1.807, 2.05) is 6.20 Å². The number of aromatic nitrogens is 1. The highest BCUT2D eigenvalue weighted by Crippen LogP contribution is 2.30. The average molecular weight is 278 g/mol. The van der Waals surface area contributed by atoms with Gasteiger partial charge < -0.3 is 9.30 Å². The molecule has 1 aromatic heterocycles. The van der Waals surface area contributed by atoms with Crippen LogP contribution in [0.25, 0.3) is 10.9 Å². The molecule has 0 radical (unpaired) electrons. The van der Waals surface area contributed by atoms with E-state index in [1.165, 1.54) is 6.07 Å². The summed E-state index contributed by atoms with van der Waals surface area (Å²) in [5.74, 6) is -1.53. The zero-order chi connectivity index (χ0) is 13.7. The van der Waals surface area contributed by atoms with Crippen LogP contribution in [0.15, 0.2) is 24.4 Å². The Kier molecular flexibility index (Phi) is 2.79. The molecule has 3 nitrogen and oxygen atoms in total. The van der Waals surface area contributed by atoms with Gasteiger partial charge in [0.05, 0.1) is 24.8 Å². The molecule has 2 fully saturated rings. The zero-order valence-electron chi connectivity index (χ0n) is 11.1. The second-order valence-electron chi connectivity index (χ2n) is 5.65. The van der Waals surface area contributed by atoms with Crippen molar-refractivity contribution in [1.82, 2.24) is 9.47 Å². The first-order chi connectivity index (χ1) is 9.74.